The van der Waals surface area contributed by atoms with Gasteiger partial charge in [0.05, 0.1) is 18.2 Å². The number of pyridine rings is 1. The first-order valence-electron chi connectivity index (χ1n) is 8.45. The highest BCUT2D eigenvalue weighted by Crippen LogP contribution is 2.18. The second kappa shape index (κ2) is 7.39. The summed E-state index contributed by atoms with van der Waals surface area (Å²) in [4.78, 5) is 28.8. The lowest BCUT2D eigenvalue weighted by Gasteiger charge is -2.05. The number of ether oxygens (including phenoxy) is 1. The van der Waals surface area contributed by atoms with Crippen LogP contribution in [0.2, 0.25) is 0 Å². The number of carbonyl (C=O) groups is 2. The van der Waals surface area contributed by atoms with Crippen molar-refractivity contribution in [2.24, 2.45) is 5.92 Å². The van der Waals surface area contributed by atoms with Gasteiger partial charge in [0.25, 0.3) is 5.91 Å². The molecule has 0 aliphatic carbocycles. The van der Waals surface area contributed by atoms with E-state index >= 15 is 0 Å². The van der Waals surface area contributed by atoms with Crippen molar-refractivity contribution in [3.05, 3.63) is 65.7 Å². The highest BCUT2D eigenvalue weighted by Gasteiger charge is 2.18. The van der Waals surface area contributed by atoms with Crippen molar-refractivity contribution in [2.75, 3.05) is 12.4 Å². The number of carbonyl (C=O) groups excluding carboxylic acids is 2. The van der Waals surface area contributed by atoms with Crippen LogP contribution in [0.1, 0.15) is 40.5 Å². The van der Waals surface area contributed by atoms with E-state index in [1.807, 2.05) is 28.8 Å². The van der Waals surface area contributed by atoms with Crippen molar-refractivity contribution in [3.63, 3.8) is 0 Å². The van der Waals surface area contributed by atoms with E-state index in [4.69, 9.17) is 0 Å². The molecule has 0 spiro atoms. The number of fused-ring (bicyclic) bond motifs is 1. The predicted octanol–water partition coefficient (Wildman–Crippen LogP) is 3.57. The van der Waals surface area contributed by atoms with Gasteiger partial charge in [0.1, 0.15) is 5.82 Å². The fourth-order valence-corrected chi connectivity index (χ4v) is 2.78. The topological polar surface area (TPSA) is 72.7 Å². The van der Waals surface area contributed by atoms with Crippen molar-refractivity contribution >= 4 is 23.1 Å². The number of hydrogen-bond acceptors (Lipinski definition) is 4. The van der Waals surface area contributed by atoms with Crippen LogP contribution in [0.5, 0.6) is 0 Å². The van der Waals surface area contributed by atoms with E-state index in [0.717, 1.165) is 17.8 Å². The molecule has 6 heteroatoms. The number of benzene rings is 1. The zero-order valence-electron chi connectivity index (χ0n) is 15.0. The largest absolute Gasteiger partial charge is 0.465 e. The van der Waals surface area contributed by atoms with Gasteiger partial charge in [-0.1, -0.05) is 19.9 Å². The second-order valence-corrected chi connectivity index (χ2v) is 6.45. The average Bonchev–Trinajstić information content (AvgIpc) is 3.00. The summed E-state index contributed by atoms with van der Waals surface area (Å²) >= 11 is 0. The van der Waals surface area contributed by atoms with Crippen LogP contribution in [0.25, 0.3) is 5.52 Å². The standard InChI is InChI=1S/C20H21N3O3/c1-13(2)12-17-22-18(16-6-4-5-11-23(16)17)19(24)21-15-9-7-14(8-10-15)20(25)26-3/h4-11,13H,12H2,1-3H3,(H,21,24). The lowest BCUT2D eigenvalue weighted by Crippen LogP contribution is -2.13. The monoisotopic (exact) mass is 351 g/mol. The molecular weight excluding hydrogens is 330 g/mol. The van der Waals surface area contributed by atoms with Crippen LogP contribution in [0.15, 0.2) is 48.7 Å². The average molecular weight is 351 g/mol. The maximum Gasteiger partial charge on any atom is 0.337 e. The fraction of sp³-hybridized carbons (Fsp3) is 0.250. The molecule has 1 N–H and O–H groups in total. The minimum absolute atomic E-state index is 0.283. The Morgan fingerprint density at radius 1 is 1.15 bits per heavy atom. The number of imidazole rings is 1. The Morgan fingerprint density at radius 2 is 1.88 bits per heavy atom. The third kappa shape index (κ3) is 3.59. The molecule has 2 heterocycles. The van der Waals surface area contributed by atoms with Crippen molar-refractivity contribution in [2.45, 2.75) is 20.3 Å². The third-order valence-corrected chi connectivity index (χ3v) is 3.99. The maximum absolute atomic E-state index is 12.7. The molecule has 0 aliphatic rings. The molecule has 26 heavy (non-hydrogen) atoms. The normalized spacial score (nSPS) is 10.9. The number of rotatable bonds is 5. The van der Waals surface area contributed by atoms with E-state index in [1.165, 1.54) is 7.11 Å². The predicted molar refractivity (Wildman–Crippen MR) is 99.5 cm³/mol. The summed E-state index contributed by atoms with van der Waals surface area (Å²) < 4.78 is 6.62. The van der Waals surface area contributed by atoms with Gasteiger partial charge in [-0.25, -0.2) is 9.78 Å². The number of amides is 1. The molecule has 1 amide bonds. The van der Waals surface area contributed by atoms with Crippen LogP contribution in [0.3, 0.4) is 0 Å². The first kappa shape index (κ1) is 17.7. The van der Waals surface area contributed by atoms with E-state index in [9.17, 15) is 9.59 Å². The number of nitrogens with zero attached hydrogens (tertiary/aromatic N) is 2. The summed E-state index contributed by atoms with van der Waals surface area (Å²) in [7, 11) is 1.33. The molecule has 134 valence electrons. The van der Waals surface area contributed by atoms with Crippen LogP contribution in [-0.2, 0) is 11.2 Å². The van der Waals surface area contributed by atoms with Gasteiger partial charge in [-0.15, -0.1) is 0 Å². The van der Waals surface area contributed by atoms with Gasteiger partial charge in [0.2, 0.25) is 0 Å². The highest BCUT2D eigenvalue weighted by molar-refractivity contribution is 6.07. The van der Waals surface area contributed by atoms with Crippen molar-refractivity contribution in [1.29, 1.82) is 0 Å². The molecular formula is C20H21N3O3. The Labute approximate surface area is 151 Å². The molecule has 2 aromatic heterocycles. The maximum atomic E-state index is 12.7. The van der Waals surface area contributed by atoms with E-state index in [-0.39, 0.29) is 5.91 Å². The van der Waals surface area contributed by atoms with Gasteiger partial charge in [0.15, 0.2) is 5.69 Å². The molecule has 3 aromatic rings. The van der Waals surface area contributed by atoms with E-state index < -0.39 is 5.97 Å². The van der Waals surface area contributed by atoms with E-state index in [0.29, 0.717) is 22.9 Å². The highest BCUT2D eigenvalue weighted by atomic mass is 16.5. The Balaban J connectivity index is 1.87. The summed E-state index contributed by atoms with van der Waals surface area (Å²) in [6.07, 6.45) is 2.70. The third-order valence-electron chi connectivity index (χ3n) is 3.99. The number of nitrogens with one attached hydrogen (secondary N) is 1. The van der Waals surface area contributed by atoms with Crippen LogP contribution < -0.4 is 5.32 Å². The molecule has 0 radical (unpaired) electrons. The zero-order chi connectivity index (χ0) is 18.7. The molecule has 0 saturated carbocycles. The number of methoxy groups -OCH3 is 1. The van der Waals surface area contributed by atoms with Crippen molar-refractivity contribution in [1.82, 2.24) is 9.38 Å². The minimum atomic E-state index is -0.415. The summed E-state index contributed by atoms with van der Waals surface area (Å²) in [5, 5.41) is 2.83. The Morgan fingerprint density at radius 3 is 2.54 bits per heavy atom. The van der Waals surface area contributed by atoms with Crippen LogP contribution >= 0.6 is 0 Å². The molecule has 0 atom stereocenters. The second-order valence-electron chi connectivity index (χ2n) is 6.45. The summed E-state index contributed by atoms with van der Waals surface area (Å²) in [5.74, 6) is 0.597. The number of esters is 1. The first-order chi connectivity index (χ1) is 12.5. The van der Waals surface area contributed by atoms with Crippen LogP contribution in [0, 0.1) is 5.92 Å². The lowest BCUT2D eigenvalue weighted by atomic mass is 10.1. The van der Waals surface area contributed by atoms with Gasteiger partial charge >= 0.3 is 5.97 Å². The smallest absolute Gasteiger partial charge is 0.337 e. The van der Waals surface area contributed by atoms with Crippen LogP contribution in [-0.4, -0.2) is 28.4 Å². The Hall–Kier alpha value is -3.15. The molecule has 0 saturated heterocycles. The van der Waals surface area contributed by atoms with Crippen molar-refractivity contribution in [3.8, 4) is 0 Å². The number of anilines is 1. The van der Waals surface area contributed by atoms with Crippen molar-refractivity contribution < 1.29 is 14.3 Å². The van der Waals surface area contributed by atoms with E-state index in [1.54, 1.807) is 24.3 Å². The fourth-order valence-electron chi connectivity index (χ4n) is 2.78. The zero-order valence-corrected chi connectivity index (χ0v) is 15.0. The van der Waals surface area contributed by atoms with E-state index in [2.05, 4.69) is 28.9 Å². The number of hydrogen-bond donors (Lipinski definition) is 1. The van der Waals surface area contributed by atoms with Crippen LogP contribution in [0.4, 0.5) is 5.69 Å². The summed E-state index contributed by atoms with van der Waals surface area (Å²) in [6, 6.07) is 12.2. The molecule has 0 bridgehead atoms. The SMILES string of the molecule is COC(=O)c1ccc(NC(=O)c2nc(CC(C)C)n3ccccc23)cc1. The van der Waals surface area contributed by atoms with Gasteiger partial charge in [-0.05, 0) is 42.3 Å². The molecule has 0 fully saturated rings. The first-order valence-corrected chi connectivity index (χ1v) is 8.45. The lowest BCUT2D eigenvalue weighted by molar-refractivity contribution is 0.0600. The molecule has 6 nitrogen and oxygen atoms in total. The van der Waals surface area contributed by atoms with Gasteiger partial charge < -0.3 is 14.5 Å². The summed E-state index contributed by atoms with van der Waals surface area (Å²) in [6.45, 7) is 4.24. The summed E-state index contributed by atoms with van der Waals surface area (Å²) in [5.41, 5.74) is 2.17. The molecule has 3 rings (SSSR count). The minimum Gasteiger partial charge on any atom is -0.465 e. The Bertz CT molecular complexity index is 943. The Kier molecular flexibility index (Phi) is 5.02. The van der Waals surface area contributed by atoms with Gasteiger partial charge in [0, 0.05) is 18.3 Å². The number of aromatic nitrogens is 2. The molecule has 0 unspecified atom stereocenters. The molecule has 0 aliphatic heterocycles. The van der Waals surface area contributed by atoms with Gasteiger partial charge in [-0.2, -0.15) is 0 Å². The van der Waals surface area contributed by atoms with Gasteiger partial charge in [-0.3, -0.25) is 4.79 Å². The quantitative estimate of drug-likeness (QED) is 0.713. The molecule has 1 aromatic carbocycles.